The van der Waals surface area contributed by atoms with E-state index in [-0.39, 0.29) is 28.8 Å². The van der Waals surface area contributed by atoms with E-state index < -0.39 is 17.4 Å². The van der Waals surface area contributed by atoms with Crippen LogP contribution in [0.5, 0.6) is 0 Å². The van der Waals surface area contributed by atoms with Crippen molar-refractivity contribution in [2.75, 3.05) is 5.32 Å². The van der Waals surface area contributed by atoms with Gasteiger partial charge in [0.15, 0.2) is 0 Å². The molecule has 2 amide bonds. The molecule has 0 bridgehead atoms. The molecule has 26 heavy (non-hydrogen) atoms. The van der Waals surface area contributed by atoms with E-state index in [1.165, 1.54) is 6.07 Å². The van der Waals surface area contributed by atoms with E-state index in [9.17, 15) is 14.4 Å². The van der Waals surface area contributed by atoms with Gasteiger partial charge in [-0.15, -0.1) is 0 Å². The summed E-state index contributed by atoms with van der Waals surface area (Å²) in [7, 11) is 0. The molecule has 0 unspecified atom stereocenters. The molecule has 0 spiro atoms. The third kappa shape index (κ3) is 5.46. The van der Waals surface area contributed by atoms with E-state index in [0.29, 0.717) is 24.9 Å². The Labute approximate surface area is 158 Å². The van der Waals surface area contributed by atoms with Crippen molar-refractivity contribution in [2.45, 2.75) is 57.9 Å². The van der Waals surface area contributed by atoms with Gasteiger partial charge >= 0.3 is 5.97 Å². The molecule has 0 heterocycles. The molecule has 0 radical (unpaired) electrons. The second-order valence-corrected chi connectivity index (χ2v) is 7.76. The molecule has 1 aliphatic rings. The molecule has 1 fully saturated rings. The van der Waals surface area contributed by atoms with Crippen molar-refractivity contribution in [3.8, 4) is 0 Å². The number of amides is 2. The van der Waals surface area contributed by atoms with Crippen molar-refractivity contribution in [3.63, 3.8) is 0 Å². The van der Waals surface area contributed by atoms with Crippen LogP contribution < -0.4 is 10.6 Å². The molecule has 0 aliphatic heterocycles. The first kappa shape index (κ1) is 20.2. The van der Waals surface area contributed by atoms with Crippen molar-refractivity contribution >= 4 is 35.1 Å². The number of hydrogen-bond acceptors (Lipinski definition) is 3. The van der Waals surface area contributed by atoms with E-state index in [0.717, 1.165) is 12.8 Å². The fraction of sp³-hybridized carbons (Fsp3) is 0.526. The molecular weight excluding hydrogens is 356 g/mol. The minimum atomic E-state index is -0.937. The van der Waals surface area contributed by atoms with Crippen LogP contribution >= 0.6 is 11.6 Å². The fourth-order valence-corrected chi connectivity index (χ4v) is 3.56. The number of carboxylic acid groups (broad SMARTS) is 1. The highest BCUT2D eigenvalue weighted by Gasteiger charge is 2.37. The van der Waals surface area contributed by atoms with Gasteiger partial charge in [0.2, 0.25) is 5.91 Å². The first-order valence-corrected chi connectivity index (χ1v) is 9.22. The number of benzene rings is 1. The highest BCUT2D eigenvalue weighted by atomic mass is 35.5. The summed E-state index contributed by atoms with van der Waals surface area (Å²) < 4.78 is 0. The van der Waals surface area contributed by atoms with Crippen molar-refractivity contribution in [1.29, 1.82) is 0 Å². The Morgan fingerprint density at radius 3 is 2.46 bits per heavy atom. The quantitative estimate of drug-likeness (QED) is 0.669. The van der Waals surface area contributed by atoms with Gasteiger partial charge < -0.3 is 15.7 Å². The van der Waals surface area contributed by atoms with Crippen LogP contribution in [0.3, 0.4) is 0 Å². The van der Waals surface area contributed by atoms with Gasteiger partial charge in [-0.1, -0.05) is 38.3 Å². The Morgan fingerprint density at radius 2 is 1.88 bits per heavy atom. The molecule has 3 N–H and O–H groups in total. The number of rotatable bonds is 7. The van der Waals surface area contributed by atoms with E-state index >= 15 is 0 Å². The maximum atomic E-state index is 12.7. The molecular formula is C19H25ClN2O4. The van der Waals surface area contributed by atoms with Gasteiger partial charge in [0.05, 0.1) is 22.5 Å². The first-order chi connectivity index (χ1) is 12.2. The second kappa shape index (κ2) is 8.54. The highest BCUT2D eigenvalue weighted by molar-refractivity contribution is 6.34. The average Bonchev–Trinajstić information content (AvgIpc) is 2.95. The van der Waals surface area contributed by atoms with Gasteiger partial charge in [0.1, 0.15) is 0 Å². The molecule has 0 saturated heterocycles. The number of anilines is 1. The van der Waals surface area contributed by atoms with E-state index in [2.05, 4.69) is 10.6 Å². The predicted molar refractivity (Wildman–Crippen MR) is 100 cm³/mol. The van der Waals surface area contributed by atoms with Gasteiger partial charge in [0, 0.05) is 12.1 Å². The lowest BCUT2D eigenvalue weighted by molar-refractivity contribution is -0.138. The number of hydrogen-bond donors (Lipinski definition) is 3. The van der Waals surface area contributed by atoms with E-state index in [4.69, 9.17) is 16.7 Å². The van der Waals surface area contributed by atoms with Crippen LogP contribution in [0.25, 0.3) is 0 Å². The standard InChI is InChI=1S/C19H25ClN2O4/c1-12(2)9-16(23)21-13-5-6-15(20)14(10-13)18(26)22-19(11-17(24)25)7-3-4-8-19/h5-6,10,12H,3-4,7-9,11H2,1-2H3,(H,21,23)(H,22,26)(H,24,25). The predicted octanol–water partition coefficient (Wildman–Crippen LogP) is 3.84. The zero-order valence-electron chi connectivity index (χ0n) is 15.1. The number of carboxylic acids is 1. The first-order valence-electron chi connectivity index (χ1n) is 8.84. The Morgan fingerprint density at radius 1 is 1.23 bits per heavy atom. The summed E-state index contributed by atoms with van der Waals surface area (Å²) in [4.78, 5) is 35.8. The molecule has 1 aromatic carbocycles. The molecule has 142 valence electrons. The van der Waals surface area contributed by atoms with E-state index in [1.54, 1.807) is 12.1 Å². The molecule has 0 aromatic heterocycles. The second-order valence-electron chi connectivity index (χ2n) is 7.35. The van der Waals surface area contributed by atoms with Crippen LogP contribution in [0.2, 0.25) is 5.02 Å². The van der Waals surface area contributed by atoms with Crippen LogP contribution in [-0.2, 0) is 9.59 Å². The van der Waals surface area contributed by atoms with Crippen LogP contribution in [0.1, 0.15) is 62.7 Å². The largest absolute Gasteiger partial charge is 0.481 e. The van der Waals surface area contributed by atoms with Crippen molar-refractivity contribution < 1.29 is 19.5 Å². The normalized spacial score (nSPS) is 15.7. The zero-order valence-corrected chi connectivity index (χ0v) is 15.9. The maximum absolute atomic E-state index is 12.7. The smallest absolute Gasteiger partial charge is 0.305 e. The van der Waals surface area contributed by atoms with Gasteiger partial charge in [-0.05, 0) is 37.0 Å². The maximum Gasteiger partial charge on any atom is 0.305 e. The van der Waals surface area contributed by atoms with Crippen molar-refractivity contribution in [2.24, 2.45) is 5.92 Å². The van der Waals surface area contributed by atoms with Gasteiger partial charge in [0.25, 0.3) is 5.91 Å². The number of halogens is 1. The lowest BCUT2D eigenvalue weighted by Crippen LogP contribution is -2.47. The monoisotopic (exact) mass is 380 g/mol. The summed E-state index contributed by atoms with van der Waals surface area (Å²) in [6.07, 6.45) is 3.30. The molecule has 2 rings (SSSR count). The Bertz CT molecular complexity index is 697. The SMILES string of the molecule is CC(C)CC(=O)Nc1ccc(Cl)c(C(=O)NC2(CC(=O)O)CCCC2)c1. The molecule has 6 nitrogen and oxygen atoms in total. The fourth-order valence-electron chi connectivity index (χ4n) is 3.36. The lowest BCUT2D eigenvalue weighted by atomic mass is 9.92. The lowest BCUT2D eigenvalue weighted by Gasteiger charge is -2.29. The van der Waals surface area contributed by atoms with Crippen LogP contribution in [-0.4, -0.2) is 28.4 Å². The van der Waals surface area contributed by atoms with Crippen LogP contribution in [0.4, 0.5) is 5.69 Å². The van der Waals surface area contributed by atoms with Crippen molar-refractivity contribution in [3.05, 3.63) is 28.8 Å². The number of aliphatic carboxylic acids is 1. The number of nitrogens with one attached hydrogen (secondary N) is 2. The molecule has 7 heteroatoms. The Balaban J connectivity index is 2.16. The van der Waals surface area contributed by atoms with Gasteiger partial charge in [-0.3, -0.25) is 14.4 Å². The summed E-state index contributed by atoms with van der Waals surface area (Å²) in [6.45, 7) is 3.90. The molecule has 1 aromatic rings. The molecule has 0 atom stereocenters. The minimum absolute atomic E-state index is 0.110. The number of carbonyl (C=O) groups is 3. The zero-order chi connectivity index (χ0) is 19.3. The number of carbonyl (C=O) groups excluding carboxylic acids is 2. The van der Waals surface area contributed by atoms with Gasteiger partial charge in [-0.2, -0.15) is 0 Å². The highest BCUT2D eigenvalue weighted by Crippen LogP contribution is 2.33. The Kier molecular flexibility index (Phi) is 6.64. The van der Waals surface area contributed by atoms with Crippen LogP contribution in [0.15, 0.2) is 18.2 Å². The molecule has 1 aliphatic carbocycles. The molecule has 1 saturated carbocycles. The summed E-state index contributed by atoms with van der Waals surface area (Å²) in [6, 6.07) is 4.72. The van der Waals surface area contributed by atoms with Crippen molar-refractivity contribution in [1.82, 2.24) is 5.32 Å². The van der Waals surface area contributed by atoms with Crippen LogP contribution in [0, 0.1) is 5.92 Å². The Hall–Kier alpha value is -2.08. The minimum Gasteiger partial charge on any atom is -0.481 e. The average molecular weight is 381 g/mol. The summed E-state index contributed by atoms with van der Waals surface area (Å²) in [5, 5.41) is 15.1. The third-order valence-corrected chi connectivity index (χ3v) is 4.85. The van der Waals surface area contributed by atoms with Gasteiger partial charge in [-0.25, -0.2) is 0 Å². The van der Waals surface area contributed by atoms with E-state index in [1.807, 2.05) is 13.8 Å². The third-order valence-electron chi connectivity index (χ3n) is 4.52. The summed E-state index contributed by atoms with van der Waals surface area (Å²) >= 11 is 6.16. The summed E-state index contributed by atoms with van der Waals surface area (Å²) in [5.74, 6) is -1.26. The topological polar surface area (TPSA) is 95.5 Å². The summed E-state index contributed by atoms with van der Waals surface area (Å²) in [5.41, 5.74) is -0.0158.